The number of hydrogen-bond donors (Lipinski definition) is 0. The van der Waals surface area contributed by atoms with Gasteiger partial charge in [-0.25, -0.2) is 4.39 Å². The molecule has 0 aromatic heterocycles. The number of halogens is 1. The Bertz CT molecular complexity index is 971. The summed E-state index contributed by atoms with van der Waals surface area (Å²) in [6, 6.07) is 22.5. The van der Waals surface area contributed by atoms with Gasteiger partial charge in [0.1, 0.15) is 23.4 Å². The van der Waals surface area contributed by atoms with Gasteiger partial charge in [0.15, 0.2) is 0 Å². The molecule has 0 radical (unpaired) electrons. The van der Waals surface area contributed by atoms with E-state index in [2.05, 4.69) is 6.92 Å². The molecular formula is C29H35FO4. The predicted octanol–water partition coefficient (Wildman–Crippen LogP) is 6.39. The van der Waals surface area contributed by atoms with Crippen LogP contribution in [-0.4, -0.2) is 32.5 Å². The maximum Gasteiger partial charge on any atom is 0.128 e. The smallest absolute Gasteiger partial charge is 0.128 e. The second-order valence-corrected chi connectivity index (χ2v) is 8.49. The highest BCUT2D eigenvalue weighted by molar-refractivity contribution is 5.27. The summed E-state index contributed by atoms with van der Waals surface area (Å²) >= 11 is 0. The van der Waals surface area contributed by atoms with E-state index in [9.17, 15) is 4.39 Å². The molecule has 0 aliphatic heterocycles. The lowest BCUT2D eigenvalue weighted by Crippen LogP contribution is -2.40. The molecule has 182 valence electrons. The van der Waals surface area contributed by atoms with E-state index in [4.69, 9.17) is 18.9 Å². The monoisotopic (exact) mass is 466 g/mol. The third-order valence-corrected chi connectivity index (χ3v) is 5.93. The number of hydrogen-bond acceptors (Lipinski definition) is 4. The van der Waals surface area contributed by atoms with Crippen molar-refractivity contribution in [3.05, 3.63) is 95.3 Å². The van der Waals surface area contributed by atoms with Gasteiger partial charge in [-0.1, -0.05) is 42.0 Å². The van der Waals surface area contributed by atoms with Gasteiger partial charge in [0.05, 0.1) is 26.4 Å². The molecule has 34 heavy (non-hydrogen) atoms. The van der Waals surface area contributed by atoms with E-state index in [1.165, 1.54) is 17.7 Å². The lowest BCUT2D eigenvalue weighted by molar-refractivity contribution is -0.0521. The van der Waals surface area contributed by atoms with Crippen LogP contribution >= 0.6 is 0 Å². The summed E-state index contributed by atoms with van der Waals surface area (Å²) in [5, 5.41) is 0. The Morgan fingerprint density at radius 3 is 2.06 bits per heavy atom. The van der Waals surface area contributed by atoms with E-state index < -0.39 is 0 Å². The quantitative estimate of drug-likeness (QED) is 0.292. The Hall–Kier alpha value is -2.89. The van der Waals surface area contributed by atoms with Crippen LogP contribution in [0, 0.1) is 18.7 Å². The molecule has 0 heterocycles. The van der Waals surface area contributed by atoms with Crippen molar-refractivity contribution in [1.29, 1.82) is 0 Å². The van der Waals surface area contributed by atoms with Crippen LogP contribution in [0.5, 0.6) is 11.5 Å². The topological polar surface area (TPSA) is 36.9 Å². The molecule has 0 spiro atoms. The maximum atomic E-state index is 13.5. The standard InChI is InChI=1S/C29H35FO4/c1-5-32-20-29(34-27-14-6-21(2)7-15-27)28(18-23-8-12-25(30)13-9-23)22(3)33-19-24-10-16-26(31-4)17-11-24/h6-17,22,28-29H,5,18-20H2,1-4H3/t22?,28-,29-/m0/s1. The molecule has 0 aliphatic rings. The van der Waals surface area contributed by atoms with E-state index in [0.29, 0.717) is 26.2 Å². The molecule has 5 heteroatoms. The molecule has 4 nitrogen and oxygen atoms in total. The molecule has 1 unspecified atom stereocenters. The van der Waals surface area contributed by atoms with Gasteiger partial charge < -0.3 is 18.9 Å². The first kappa shape index (κ1) is 25.7. The van der Waals surface area contributed by atoms with Crippen LogP contribution in [0.15, 0.2) is 72.8 Å². The zero-order valence-electron chi connectivity index (χ0n) is 20.5. The Morgan fingerprint density at radius 1 is 0.824 bits per heavy atom. The van der Waals surface area contributed by atoms with Crippen molar-refractivity contribution in [3.8, 4) is 11.5 Å². The normalized spacial score (nSPS) is 13.8. The highest BCUT2D eigenvalue weighted by Crippen LogP contribution is 2.26. The van der Waals surface area contributed by atoms with Gasteiger partial charge in [-0.15, -0.1) is 0 Å². The van der Waals surface area contributed by atoms with E-state index >= 15 is 0 Å². The largest absolute Gasteiger partial charge is 0.497 e. The summed E-state index contributed by atoms with van der Waals surface area (Å²) in [7, 11) is 1.65. The van der Waals surface area contributed by atoms with Crippen molar-refractivity contribution in [2.45, 2.75) is 46.0 Å². The van der Waals surface area contributed by atoms with E-state index in [1.807, 2.05) is 74.5 Å². The average Bonchev–Trinajstić information content (AvgIpc) is 2.86. The first-order valence-corrected chi connectivity index (χ1v) is 11.8. The highest BCUT2D eigenvalue weighted by atomic mass is 19.1. The van der Waals surface area contributed by atoms with E-state index in [1.54, 1.807) is 7.11 Å². The fourth-order valence-electron chi connectivity index (χ4n) is 3.84. The predicted molar refractivity (Wildman–Crippen MR) is 133 cm³/mol. The molecule has 0 aliphatic carbocycles. The van der Waals surface area contributed by atoms with E-state index in [0.717, 1.165) is 22.6 Å². The summed E-state index contributed by atoms with van der Waals surface area (Å²) in [6.07, 6.45) is 0.301. The third kappa shape index (κ3) is 7.86. The average molecular weight is 467 g/mol. The molecule has 3 aromatic carbocycles. The molecule has 0 saturated carbocycles. The number of ether oxygens (including phenoxy) is 4. The molecule has 3 aromatic rings. The lowest BCUT2D eigenvalue weighted by atomic mass is 9.89. The summed E-state index contributed by atoms with van der Waals surface area (Å²) in [4.78, 5) is 0. The zero-order chi connectivity index (χ0) is 24.3. The Kier molecular flexibility index (Phi) is 9.92. The van der Waals surface area contributed by atoms with Crippen LogP contribution in [0.25, 0.3) is 0 Å². The van der Waals surface area contributed by atoms with Gasteiger partial charge >= 0.3 is 0 Å². The Balaban J connectivity index is 1.80. The molecule has 0 bridgehead atoms. The molecule has 0 saturated heterocycles. The van der Waals surface area contributed by atoms with Crippen molar-refractivity contribution in [3.63, 3.8) is 0 Å². The second kappa shape index (κ2) is 13.1. The SMILES string of the molecule is CCOC[C@H](Oc1ccc(C)cc1)[C@@H](Cc1ccc(F)cc1)C(C)OCc1ccc(OC)cc1. The maximum absolute atomic E-state index is 13.5. The number of rotatable bonds is 13. The van der Waals surface area contributed by atoms with Gasteiger partial charge in [-0.05, 0) is 74.7 Å². The minimum absolute atomic E-state index is 0.0171. The van der Waals surface area contributed by atoms with Crippen molar-refractivity contribution in [1.82, 2.24) is 0 Å². The lowest BCUT2D eigenvalue weighted by Gasteiger charge is -2.32. The highest BCUT2D eigenvalue weighted by Gasteiger charge is 2.30. The third-order valence-electron chi connectivity index (χ3n) is 5.93. The van der Waals surface area contributed by atoms with Gasteiger partial charge in [0, 0.05) is 12.5 Å². The zero-order valence-corrected chi connectivity index (χ0v) is 20.5. The van der Waals surface area contributed by atoms with Crippen LogP contribution in [0.2, 0.25) is 0 Å². The molecular weight excluding hydrogens is 431 g/mol. The van der Waals surface area contributed by atoms with Gasteiger partial charge in [-0.2, -0.15) is 0 Å². The summed E-state index contributed by atoms with van der Waals surface area (Å²) in [5.74, 6) is 1.35. The van der Waals surface area contributed by atoms with Crippen LogP contribution < -0.4 is 9.47 Å². The van der Waals surface area contributed by atoms with Crippen LogP contribution in [0.4, 0.5) is 4.39 Å². The number of methoxy groups -OCH3 is 1. The van der Waals surface area contributed by atoms with Crippen molar-refractivity contribution in [2.24, 2.45) is 5.92 Å². The first-order chi connectivity index (χ1) is 16.5. The van der Waals surface area contributed by atoms with Crippen LogP contribution in [-0.2, 0) is 22.5 Å². The summed E-state index contributed by atoms with van der Waals surface area (Å²) in [5.41, 5.74) is 3.27. The molecule has 0 amide bonds. The van der Waals surface area contributed by atoms with E-state index in [-0.39, 0.29) is 23.9 Å². The first-order valence-electron chi connectivity index (χ1n) is 11.8. The van der Waals surface area contributed by atoms with Crippen LogP contribution in [0.3, 0.4) is 0 Å². The van der Waals surface area contributed by atoms with Crippen molar-refractivity contribution < 1.29 is 23.3 Å². The molecule has 3 rings (SSSR count). The van der Waals surface area contributed by atoms with Crippen molar-refractivity contribution >= 4 is 0 Å². The van der Waals surface area contributed by atoms with Gasteiger partial charge in [0.2, 0.25) is 0 Å². The molecule has 0 N–H and O–H groups in total. The van der Waals surface area contributed by atoms with Gasteiger partial charge in [-0.3, -0.25) is 0 Å². The fraction of sp³-hybridized carbons (Fsp3) is 0.379. The van der Waals surface area contributed by atoms with Gasteiger partial charge in [0.25, 0.3) is 0 Å². The minimum Gasteiger partial charge on any atom is -0.497 e. The molecule has 3 atom stereocenters. The number of benzene rings is 3. The second-order valence-electron chi connectivity index (χ2n) is 8.49. The Morgan fingerprint density at radius 2 is 1.44 bits per heavy atom. The van der Waals surface area contributed by atoms with Crippen LogP contribution in [0.1, 0.15) is 30.5 Å². The minimum atomic E-state index is -0.245. The molecule has 0 fully saturated rings. The summed E-state index contributed by atoms with van der Waals surface area (Å²) < 4.78 is 37.3. The van der Waals surface area contributed by atoms with Crippen molar-refractivity contribution in [2.75, 3.05) is 20.3 Å². The number of aryl methyl sites for hydroxylation is 1. The fourth-order valence-corrected chi connectivity index (χ4v) is 3.84. The Labute approximate surface area is 202 Å². The summed E-state index contributed by atoms with van der Waals surface area (Å²) in [6.45, 7) is 7.59.